The summed E-state index contributed by atoms with van der Waals surface area (Å²) in [5, 5.41) is 8.25. The first-order valence-corrected chi connectivity index (χ1v) is 8.00. The molecule has 0 spiro atoms. The van der Waals surface area contributed by atoms with Crippen molar-refractivity contribution in [1.82, 2.24) is 5.32 Å². The summed E-state index contributed by atoms with van der Waals surface area (Å²) in [6, 6.07) is 6.89. The molecule has 3 N–H and O–H groups in total. The van der Waals surface area contributed by atoms with Gasteiger partial charge in [0.25, 0.3) is 0 Å². The molecular weight excluding hydrogens is 294 g/mol. The van der Waals surface area contributed by atoms with Crippen molar-refractivity contribution >= 4 is 29.1 Å². The van der Waals surface area contributed by atoms with Crippen LogP contribution in [-0.4, -0.2) is 24.3 Å². The van der Waals surface area contributed by atoms with Crippen LogP contribution in [0.15, 0.2) is 24.3 Å². The highest BCUT2D eigenvalue weighted by atomic mass is 16.2. The van der Waals surface area contributed by atoms with Gasteiger partial charge in [0.05, 0.1) is 0 Å². The van der Waals surface area contributed by atoms with Gasteiger partial charge in [-0.2, -0.15) is 0 Å². The number of rotatable bonds is 6. The summed E-state index contributed by atoms with van der Waals surface area (Å²) in [7, 11) is 0. The van der Waals surface area contributed by atoms with Crippen molar-refractivity contribution in [2.75, 3.05) is 17.2 Å². The maximum absolute atomic E-state index is 11.8. The number of carbonyl (C=O) groups excluding carboxylic acids is 3. The van der Waals surface area contributed by atoms with E-state index in [-0.39, 0.29) is 30.1 Å². The van der Waals surface area contributed by atoms with E-state index in [2.05, 4.69) is 16.0 Å². The molecule has 124 valence electrons. The molecule has 0 unspecified atom stereocenters. The fourth-order valence-electron chi connectivity index (χ4n) is 2.70. The summed E-state index contributed by atoms with van der Waals surface area (Å²) in [4.78, 5) is 34.6. The van der Waals surface area contributed by atoms with Gasteiger partial charge in [0.2, 0.25) is 17.7 Å². The monoisotopic (exact) mass is 317 g/mol. The molecule has 23 heavy (non-hydrogen) atoms. The summed E-state index contributed by atoms with van der Waals surface area (Å²) < 4.78 is 0. The number of hydrogen-bond acceptors (Lipinski definition) is 3. The van der Waals surface area contributed by atoms with Crippen molar-refractivity contribution in [3.63, 3.8) is 0 Å². The zero-order valence-corrected chi connectivity index (χ0v) is 13.4. The van der Waals surface area contributed by atoms with Crippen LogP contribution in [-0.2, 0) is 14.4 Å². The lowest BCUT2D eigenvalue weighted by molar-refractivity contribution is -0.125. The predicted octanol–water partition coefficient (Wildman–Crippen LogP) is 2.28. The third-order valence-electron chi connectivity index (χ3n) is 3.87. The topological polar surface area (TPSA) is 87.3 Å². The normalized spacial score (nSPS) is 14.3. The van der Waals surface area contributed by atoms with Gasteiger partial charge in [-0.25, -0.2) is 0 Å². The molecule has 0 saturated heterocycles. The highest BCUT2D eigenvalue weighted by Crippen LogP contribution is 2.24. The van der Waals surface area contributed by atoms with Gasteiger partial charge in [-0.3, -0.25) is 14.4 Å². The zero-order chi connectivity index (χ0) is 16.7. The molecule has 0 aliphatic heterocycles. The van der Waals surface area contributed by atoms with Crippen LogP contribution in [0.25, 0.3) is 0 Å². The third kappa shape index (κ3) is 5.73. The van der Waals surface area contributed by atoms with Crippen molar-refractivity contribution in [2.45, 2.75) is 39.0 Å². The Morgan fingerprint density at radius 1 is 1.00 bits per heavy atom. The second kappa shape index (κ2) is 8.31. The van der Waals surface area contributed by atoms with Crippen LogP contribution < -0.4 is 16.0 Å². The highest BCUT2D eigenvalue weighted by Gasteiger charge is 2.22. The van der Waals surface area contributed by atoms with E-state index in [1.807, 2.05) is 0 Å². The van der Waals surface area contributed by atoms with Gasteiger partial charge in [-0.1, -0.05) is 12.8 Å². The molecule has 6 heteroatoms. The minimum Gasteiger partial charge on any atom is -0.355 e. The minimum absolute atomic E-state index is 0.0648. The van der Waals surface area contributed by atoms with Crippen LogP contribution in [0.3, 0.4) is 0 Å². The Morgan fingerprint density at radius 2 is 1.57 bits per heavy atom. The molecule has 1 aliphatic rings. The van der Waals surface area contributed by atoms with Gasteiger partial charge in [-0.15, -0.1) is 0 Å². The number of carbonyl (C=O) groups is 3. The number of hydrogen-bond donors (Lipinski definition) is 3. The molecule has 3 amide bonds. The first-order chi connectivity index (χ1) is 11.0. The summed E-state index contributed by atoms with van der Waals surface area (Å²) in [5.74, 6) is -0.0990. The van der Waals surface area contributed by atoms with Crippen LogP contribution in [0, 0.1) is 5.92 Å². The van der Waals surface area contributed by atoms with Crippen LogP contribution in [0.4, 0.5) is 11.4 Å². The SMILES string of the molecule is CC(=O)Nc1ccc(NC(=O)CCNC(=O)C2CCCC2)cc1. The van der Waals surface area contributed by atoms with Gasteiger partial charge in [0, 0.05) is 37.2 Å². The summed E-state index contributed by atoms with van der Waals surface area (Å²) in [5.41, 5.74) is 1.34. The summed E-state index contributed by atoms with van der Waals surface area (Å²) >= 11 is 0. The average Bonchev–Trinajstić information content (AvgIpc) is 3.03. The van der Waals surface area contributed by atoms with Crippen molar-refractivity contribution in [2.24, 2.45) is 5.92 Å². The summed E-state index contributed by atoms with van der Waals surface area (Å²) in [6.45, 7) is 1.79. The van der Waals surface area contributed by atoms with Crippen LogP contribution in [0.1, 0.15) is 39.0 Å². The Kier molecular flexibility index (Phi) is 6.14. The Hall–Kier alpha value is -2.37. The quantitative estimate of drug-likeness (QED) is 0.752. The molecule has 1 fully saturated rings. The second-order valence-electron chi connectivity index (χ2n) is 5.83. The predicted molar refractivity (Wildman–Crippen MR) is 89.0 cm³/mol. The van der Waals surface area contributed by atoms with Gasteiger partial charge in [0.1, 0.15) is 0 Å². The van der Waals surface area contributed by atoms with Gasteiger partial charge in [-0.05, 0) is 37.1 Å². The molecule has 6 nitrogen and oxygen atoms in total. The second-order valence-corrected chi connectivity index (χ2v) is 5.83. The van der Waals surface area contributed by atoms with Crippen LogP contribution in [0.5, 0.6) is 0 Å². The molecule has 1 aromatic carbocycles. The Bertz CT molecular complexity index is 563. The van der Waals surface area contributed by atoms with Crippen molar-refractivity contribution < 1.29 is 14.4 Å². The van der Waals surface area contributed by atoms with Gasteiger partial charge in [0.15, 0.2) is 0 Å². The first kappa shape index (κ1) is 17.0. The number of amides is 3. The van der Waals surface area contributed by atoms with Crippen LogP contribution >= 0.6 is 0 Å². The minimum atomic E-state index is -0.149. The van der Waals surface area contributed by atoms with Gasteiger partial charge >= 0.3 is 0 Å². The van der Waals surface area contributed by atoms with Gasteiger partial charge < -0.3 is 16.0 Å². The Balaban J connectivity index is 1.69. The first-order valence-electron chi connectivity index (χ1n) is 8.00. The molecule has 0 heterocycles. The molecule has 0 bridgehead atoms. The molecule has 1 aromatic rings. The number of anilines is 2. The largest absolute Gasteiger partial charge is 0.355 e. The molecule has 0 radical (unpaired) electrons. The molecular formula is C17H23N3O3. The standard InChI is InChI=1S/C17H23N3O3/c1-12(21)19-14-6-8-15(9-7-14)20-16(22)10-11-18-17(23)13-4-2-3-5-13/h6-9,13H,2-5,10-11H2,1H3,(H,18,23)(H,19,21)(H,20,22). The van der Waals surface area contributed by atoms with E-state index in [9.17, 15) is 14.4 Å². The lowest BCUT2D eigenvalue weighted by Gasteiger charge is -2.10. The fourth-order valence-corrected chi connectivity index (χ4v) is 2.70. The molecule has 0 atom stereocenters. The number of benzene rings is 1. The van der Waals surface area contributed by atoms with E-state index in [4.69, 9.17) is 0 Å². The van der Waals surface area contributed by atoms with E-state index in [0.717, 1.165) is 25.7 Å². The molecule has 2 rings (SSSR count). The Morgan fingerprint density at radius 3 is 2.13 bits per heavy atom. The smallest absolute Gasteiger partial charge is 0.226 e. The molecule has 1 saturated carbocycles. The van der Waals surface area contributed by atoms with E-state index in [1.165, 1.54) is 6.92 Å². The maximum Gasteiger partial charge on any atom is 0.226 e. The Labute approximate surface area is 136 Å². The number of nitrogens with one attached hydrogen (secondary N) is 3. The van der Waals surface area contributed by atoms with E-state index >= 15 is 0 Å². The lowest BCUT2D eigenvalue weighted by atomic mass is 10.1. The lowest BCUT2D eigenvalue weighted by Crippen LogP contribution is -2.32. The average molecular weight is 317 g/mol. The molecule has 0 aromatic heterocycles. The highest BCUT2D eigenvalue weighted by molar-refractivity contribution is 5.92. The maximum atomic E-state index is 11.8. The molecule has 1 aliphatic carbocycles. The van der Waals surface area contributed by atoms with E-state index < -0.39 is 0 Å². The zero-order valence-electron chi connectivity index (χ0n) is 13.4. The third-order valence-corrected chi connectivity index (χ3v) is 3.87. The van der Waals surface area contributed by atoms with Crippen LogP contribution in [0.2, 0.25) is 0 Å². The van der Waals surface area contributed by atoms with E-state index in [0.29, 0.717) is 17.9 Å². The fraction of sp³-hybridized carbons (Fsp3) is 0.471. The van der Waals surface area contributed by atoms with Crippen molar-refractivity contribution in [3.05, 3.63) is 24.3 Å². The summed E-state index contributed by atoms with van der Waals surface area (Å²) in [6.07, 6.45) is 4.39. The van der Waals surface area contributed by atoms with Crippen molar-refractivity contribution in [3.8, 4) is 0 Å². The van der Waals surface area contributed by atoms with Crippen molar-refractivity contribution in [1.29, 1.82) is 0 Å². The van der Waals surface area contributed by atoms with E-state index in [1.54, 1.807) is 24.3 Å².